The average molecular weight is 227 g/mol. The first kappa shape index (κ1) is 11.2. The molecule has 90 valence electrons. The Morgan fingerprint density at radius 3 is 2.25 bits per heavy atom. The van der Waals surface area contributed by atoms with Gasteiger partial charge >= 0.3 is 11.4 Å². The molecule has 1 aromatic heterocycles. The molecule has 1 saturated heterocycles. The van der Waals surface area contributed by atoms with E-state index in [0.29, 0.717) is 6.54 Å². The molecule has 2 rings (SSSR count). The first-order chi connectivity index (χ1) is 7.77. The van der Waals surface area contributed by atoms with Crippen molar-refractivity contribution >= 4 is 0 Å². The number of hydrogen-bond donors (Lipinski definition) is 3. The van der Waals surface area contributed by atoms with Gasteiger partial charge in [0.2, 0.25) is 0 Å². The molecule has 0 spiro atoms. The number of hydrogen-bond acceptors (Lipinski definition) is 4. The fourth-order valence-electron chi connectivity index (χ4n) is 1.92. The summed E-state index contributed by atoms with van der Waals surface area (Å²) < 4.78 is 1.20. The summed E-state index contributed by atoms with van der Waals surface area (Å²) in [5.41, 5.74) is -0.712. The van der Waals surface area contributed by atoms with Crippen LogP contribution in [0.4, 0.5) is 0 Å². The molecule has 7 heteroatoms. The summed E-state index contributed by atoms with van der Waals surface area (Å²) in [5, 5.41) is 7.82. The Bertz CT molecular complexity index is 398. The molecule has 0 aromatic carbocycles. The summed E-state index contributed by atoms with van der Waals surface area (Å²) in [6.45, 7) is 5.52. The van der Waals surface area contributed by atoms with Gasteiger partial charge < -0.3 is 10.2 Å². The monoisotopic (exact) mass is 227 g/mol. The number of aromatic nitrogens is 3. The molecule has 0 saturated carbocycles. The summed E-state index contributed by atoms with van der Waals surface area (Å²) in [7, 11) is 0. The van der Waals surface area contributed by atoms with Gasteiger partial charge in [-0.1, -0.05) is 0 Å². The second-order valence-corrected chi connectivity index (χ2v) is 3.96. The topological polar surface area (TPSA) is 85.9 Å². The summed E-state index contributed by atoms with van der Waals surface area (Å²) in [6, 6.07) is 0. The van der Waals surface area contributed by atoms with E-state index < -0.39 is 0 Å². The summed E-state index contributed by atoms with van der Waals surface area (Å²) in [6.07, 6.45) is 0.820. The molecule has 2 heterocycles. The van der Waals surface area contributed by atoms with Crippen LogP contribution >= 0.6 is 0 Å². The third-order valence-corrected chi connectivity index (χ3v) is 2.83. The predicted octanol–water partition coefficient (Wildman–Crippen LogP) is -1.84. The van der Waals surface area contributed by atoms with Gasteiger partial charge in [0.05, 0.1) is 0 Å². The van der Waals surface area contributed by atoms with E-state index in [2.05, 4.69) is 20.4 Å². The van der Waals surface area contributed by atoms with E-state index in [-0.39, 0.29) is 11.4 Å². The van der Waals surface area contributed by atoms with Gasteiger partial charge in [-0.05, 0) is 13.0 Å². The van der Waals surface area contributed by atoms with Crippen LogP contribution in [0.25, 0.3) is 0 Å². The maximum atomic E-state index is 11.2. The maximum Gasteiger partial charge on any atom is 0.344 e. The van der Waals surface area contributed by atoms with Crippen LogP contribution in [-0.4, -0.2) is 52.4 Å². The van der Waals surface area contributed by atoms with E-state index in [1.54, 1.807) is 0 Å². The van der Waals surface area contributed by atoms with Gasteiger partial charge in [0.15, 0.2) is 0 Å². The lowest BCUT2D eigenvalue weighted by molar-refractivity contribution is 0.234. The molecule has 1 aromatic rings. The number of aromatic amines is 2. The van der Waals surface area contributed by atoms with Crippen molar-refractivity contribution in [1.29, 1.82) is 0 Å². The molecular formula is C9H17N5O2. The fourth-order valence-corrected chi connectivity index (χ4v) is 1.92. The zero-order valence-corrected chi connectivity index (χ0v) is 9.16. The molecule has 7 nitrogen and oxygen atoms in total. The Morgan fingerprint density at radius 1 is 1.00 bits per heavy atom. The quantitative estimate of drug-likeness (QED) is 0.564. The Morgan fingerprint density at radius 2 is 1.62 bits per heavy atom. The molecule has 0 amide bonds. The minimum absolute atomic E-state index is 0.356. The summed E-state index contributed by atoms with van der Waals surface area (Å²) >= 11 is 0. The number of nitrogens with zero attached hydrogens (tertiary/aromatic N) is 2. The molecule has 0 bridgehead atoms. The van der Waals surface area contributed by atoms with Crippen molar-refractivity contribution in [2.75, 3.05) is 32.7 Å². The van der Waals surface area contributed by atoms with Crippen molar-refractivity contribution in [2.45, 2.75) is 13.0 Å². The average Bonchev–Trinajstić information content (AvgIpc) is 2.62. The smallest absolute Gasteiger partial charge is 0.314 e. The van der Waals surface area contributed by atoms with Gasteiger partial charge in [0.25, 0.3) is 0 Å². The van der Waals surface area contributed by atoms with Crippen LogP contribution in [0, 0.1) is 0 Å². The van der Waals surface area contributed by atoms with Crippen LogP contribution in [0.3, 0.4) is 0 Å². The normalized spacial score (nSPS) is 17.8. The van der Waals surface area contributed by atoms with Gasteiger partial charge in [-0.25, -0.2) is 24.4 Å². The van der Waals surface area contributed by atoms with Crippen LogP contribution in [0.2, 0.25) is 0 Å². The minimum Gasteiger partial charge on any atom is -0.314 e. The van der Waals surface area contributed by atoms with Crippen molar-refractivity contribution in [3.8, 4) is 0 Å². The van der Waals surface area contributed by atoms with Gasteiger partial charge in [-0.2, -0.15) is 0 Å². The zero-order chi connectivity index (χ0) is 11.4. The van der Waals surface area contributed by atoms with Gasteiger partial charge in [0, 0.05) is 32.7 Å². The van der Waals surface area contributed by atoms with Crippen LogP contribution < -0.4 is 16.7 Å². The lowest BCUT2D eigenvalue weighted by atomic mass is 10.3. The molecule has 1 aliphatic rings. The molecule has 0 radical (unpaired) electrons. The molecule has 0 aliphatic carbocycles. The second kappa shape index (κ2) is 5.13. The highest BCUT2D eigenvalue weighted by atomic mass is 16.2. The number of rotatable bonds is 4. The summed E-state index contributed by atoms with van der Waals surface area (Å²) in [4.78, 5) is 24.7. The van der Waals surface area contributed by atoms with Crippen LogP contribution in [-0.2, 0) is 6.54 Å². The largest absolute Gasteiger partial charge is 0.344 e. The first-order valence-corrected chi connectivity index (χ1v) is 5.58. The maximum absolute atomic E-state index is 11.2. The highest BCUT2D eigenvalue weighted by molar-refractivity contribution is 4.69. The Hall–Kier alpha value is -1.34. The lowest BCUT2D eigenvalue weighted by Gasteiger charge is -2.26. The van der Waals surface area contributed by atoms with Crippen molar-refractivity contribution in [2.24, 2.45) is 0 Å². The van der Waals surface area contributed by atoms with E-state index in [1.165, 1.54) is 4.57 Å². The SMILES string of the molecule is O=c1[nH][nH]c(=O)n1CCCN1CCNCC1. The van der Waals surface area contributed by atoms with E-state index in [9.17, 15) is 9.59 Å². The molecule has 1 aliphatic heterocycles. The van der Waals surface area contributed by atoms with E-state index in [4.69, 9.17) is 0 Å². The predicted molar refractivity (Wildman–Crippen MR) is 59.6 cm³/mol. The Kier molecular flexibility index (Phi) is 3.58. The Labute approximate surface area is 92.4 Å². The second-order valence-electron chi connectivity index (χ2n) is 3.96. The highest BCUT2D eigenvalue weighted by Gasteiger charge is 2.09. The van der Waals surface area contributed by atoms with E-state index in [1.807, 2.05) is 0 Å². The molecule has 3 N–H and O–H groups in total. The van der Waals surface area contributed by atoms with E-state index in [0.717, 1.165) is 39.1 Å². The third-order valence-electron chi connectivity index (χ3n) is 2.83. The van der Waals surface area contributed by atoms with Crippen molar-refractivity contribution < 1.29 is 0 Å². The van der Waals surface area contributed by atoms with Gasteiger partial charge in [-0.3, -0.25) is 0 Å². The minimum atomic E-state index is -0.356. The molecule has 1 fully saturated rings. The lowest BCUT2D eigenvalue weighted by Crippen LogP contribution is -2.44. The van der Waals surface area contributed by atoms with E-state index >= 15 is 0 Å². The van der Waals surface area contributed by atoms with Crippen molar-refractivity contribution in [3.63, 3.8) is 0 Å². The highest BCUT2D eigenvalue weighted by Crippen LogP contribution is 1.94. The number of piperazine rings is 1. The third kappa shape index (κ3) is 2.61. The van der Waals surface area contributed by atoms with Crippen LogP contribution in [0.15, 0.2) is 9.59 Å². The molecule has 16 heavy (non-hydrogen) atoms. The van der Waals surface area contributed by atoms with Crippen LogP contribution in [0.1, 0.15) is 6.42 Å². The summed E-state index contributed by atoms with van der Waals surface area (Å²) in [5.74, 6) is 0. The number of H-pyrrole nitrogens is 2. The van der Waals surface area contributed by atoms with Crippen molar-refractivity contribution in [3.05, 3.63) is 21.0 Å². The molecule has 0 atom stereocenters. The fraction of sp³-hybridized carbons (Fsp3) is 0.778. The number of nitrogens with one attached hydrogen (secondary N) is 3. The van der Waals surface area contributed by atoms with Crippen molar-refractivity contribution in [1.82, 2.24) is 25.0 Å². The van der Waals surface area contributed by atoms with Crippen LogP contribution in [0.5, 0.6) is 0 Å². The van der Waals surface area contributed by atoms with Gasteiger partial charge in [-0.15, -0.1) is 0 Å². The molecular weight excluding hydrogens is 210 g/mol. The zero-order valence-electron chi connectivity index (χ0n) is 9.16. The first-order valence-electron chi connectivity index (χ1n) is 5.58. The Balaban J connectivity index is 1.79. The standard InChI is InChI=1S/C9H17N5O2/c15-8-11-12-9(16)14(8)5-1-4-13-6-2-10-3-7-13/h10H,1-7H2,(H,11,15)(H,12,16). The molecule has 0 unspecified atom stereocenters. The van der Waals surface area contributed by atoms with Gasteiger partial charge in [0.1, 0.15) is 0 Å².